The van der Waals surface area contributed by atoms with Gasteiger partial charge in [0.05, 0.1) is 0 Å². The van der Waals surface area contributed by atoms with Gasteiger partial charge in [-0.2, -0.15) is 0 Å². The van der Waals surface area contributed by atoms with Gasteiger partial charge in [-0.05, 0) is 32.2 Å². The predicted octanol–water partition coefficient (Wildman–Crippen LogP) is 2.92. The van der Waals surface area contributed by atoms with Crippen LogP contribution in [0.25, 0.3) is 0 Å². The molecule has 0 amide bonds. The van der Waals surface area contributed by atoms with Gasteiger partial charge >= 0.3 is 5.97 Å². The SMILES string of the molecule is CCC(=CCN(C)CC1CCCCC1)C(=O)O. The van der Waals surface area contributed by atoms with E-state index in [4.69, 9.17) is 5.11 Å². The molecule has 98 valence electrons. The summed E-state index contributed by atoms with van der Waals surface area (Å²) in [5, 5.41) is 8.92. The molecule has 0 atom stereocenters. The first kappa shape index (κ1) is 14.2. The predicted molar refractivity (Wildman–Crippen MR) is 70.1 cm³/mol. The molecule has 3 heteroatoms. The van der Waals surface area contributed by atoms with Crippen molar-refractivity contribution in [1.82, 2.24) is 4.90 Å². The van der Waals surface area contributed by atoms with E-state index in [1.165, 1.54) is 32.1 Å². The summed E-state index contributed by atoms with van der Waals surface area (Å²) in [7, 11) is 2.08. The summed E-state index contributed by atoms with van der Waals surface area (Å²) in [4.78, 5) is 13.1. The zero-order valence-electron chi connectivity index (χ0n) is 11.1. The first-order chi connectivity index (χ1) is 8.13. The van der Waals surface area contributed by atoms with Crippen molar-refractivity contribution in [2.45, 2.75) is 45.4 Å². The third-order valence-electron chi connectivity index (χ3n) is 3.60. The molecular formula is C14H25NO2. The van der Waals surface area contributed by atoms with Crippen LogP contribution in [0, 0.1) is 5.92 Å². The van der Waals surface area contributed by atoms with E-state index in [0.29, 0.717) is 12.0 Å². The molecule has 0 aromatic heterocycles. The van der Waals surface area contributed by atoms with Crippen LogP contribution >= 0.6 is 0 Å². The molecule has 1 aliphatic carbocycles. The monoisotopic (exact) mass is 239 g/mol. The van der Waals surface area contributed by atoms with Crippen LogP contribution in [0.3, 0.4) is 0 Å². The number of hydrogen-bond acceptors (Lipinski definition) is 2. The molecule has 1 rings (SSSR count). The van der Waals surface area contributed by atoms with Crippen molar-refractivity contribution in [1.29, 1.82) is 0 Å². The van der Waals surface area contributed by atoms with Crippen LogP contribution in [0.4, 0.5) is 0 Å². The molecule has 0 unspecified atom stereocenters. The molecule has 0 radical (unpaired) electrons. The van der Waals surface area contributed by atoms with E-state index in [-0.39, 0.29) is 0 Å². The zero-order valence-corrected chi connectivity index (χ0v) is 11.1. The van der Waals surface area contributed by atoms with Gasteiger partial charge in [0.15, 0.2) is 0 Å². The lowest BCUT2D eigenvalue weighted by molar-refractivity contribution is -0.132. The third kappa shape index (κ3) is 5.35. The number of hydrogen-bond donors (Lipinski definition) is 1. The largest absolute Gasteiger partial charge is 0.478 e. The smallest absolute Gasteiger partial charge is 0.331 e. The number of carbonyl (C=O) groups is 1. The summed E-state index contributed by atoms with van der Waals surface area (Å²) in [5.41, 5.74) is 0.528. The molecule has 0 bridgehead atoms. The first-order valence-corrected chi connectivity index (χ1v) is 6.74. The molecule has 0 aromatic carbocycles. The molecule has 1 fully saturated rings. The Labute approximate surface area is 105 Å². The van der Waals surface area contributed by atoms with E-state index in [1.54, 1.807) is 0 Å². The van der Waals surface area contributed by atoms with Crippen molar-refractivity contribution in [3.63, 3.8) is 0 Å². The van der Waals surface area contributed by atoms with Gasteiger partial charge in [0.2, 0.25) is 0 Å². The van der Waals surface area contributed by atoms with Crippen molar-refractivity contribution in [2.24, 2.45) is 5.92 Å². The lowest BCUT2D eigenvalue weighted by atomic mass is 9.89. The van der Waals surface area contributed by atoms with Gasteiger partial charge in [0.25, 0.3) is 0 Å². The maximum atomic E-state index is 10.8. The van der Waals surface area contributed by atoms with E-state index in [1.807, 2.05) is 13.0 Å². The standard InChI is InChI=1S/C14H25NO2/c1-3-13(14(16)17)9-10-15(2)11-12-7-5-4-6-8-12/h9,12H,3-8,10-11H2,1-2H3,(H,16,17). The molecule has 0 aromatic rings. The van der Waals surface area contributed by atoms with Crippen LogP contribution in [0.1, 0.15) is 45.4 Å². The van der Waals surface area contributed by atoms with Crippen LogP contribution in [-0.2, 0) is 4.79 Å². The summed E-state index contributed by atoms with van der Waals surface area (Å²) in [5.74, 6) is 0.0376. The Morgan fingerprint density at radius 1 is 1.35 bits per heavy atom. The number of likely N-dealkylation sites (N-methyl/N-ethyl adjacent to an activating group) is 1. The van der Waals surface area contributed by atoms with Gasteiger partial charge in [0, 0.05) is 18.7 Å². The molecule has 1 N–H and O–H groups in total. The second-order valence-electron chi connectivity index (χ2n) is 5.11. The lowest BCUT2D eigenvalue weighted by Gasteiger charge is -2.26. The van der Waals surface area contributed by atoms with Crippen molar-refractivity contribution < 1.29 is 9.90 Å². The molecule has 0 aliphatic heterocycles. The molecule has 1 saturated carbocycles. The molecule has 3 nitrogen and oxygen atoms in total. The van der Waals surface area contributed by atoms with E-state index >= 15 is 0 Å². The van der Waals surface area contributed by atoms with E-state index in [0.717, 1.165) is 19.0 Å². The highest BCUT2D eigenvalue weighted by Gasteiger charge is 2.15. The summed E-state index contributed by atoms with van der Waals surface area (Å²) < 4.78 is 0. The normalized spacial score (nSPS) is 18.6. The number of rotatable bonds is 6. The third-order valence-corrected chi connectivity index (χ3v) is 3.60. The Balaban J connectivity index is 2.32. The maximum absolute atomic E-state index is 10.8. The van der Waals surface area contributed by atoms with Crippen molar-refractivity contribution in [3.05, 3.63) is 11.6 Å². The molecule has 17 heavy (non-hydrogen) atoms. The van der Waals surface area contributed by atoms with Crippen molar-refractivity contribution in [3.8, 4) is 0 Å². The van der Waals surface area contributed by atoms with Crippen molar-refractivity contribution in [2.75, 3.05) is 20.1 Å². The average molecular weight is 239 g/mol. The van der Waals surface area contributed by atoms with Gasteiger partial charge < -0.3 is 10.0 Å². The Hall–Kier alpha value is -0.830. The first-order valence-electron chi connectivity index (χ1n) is 6.74. The van der Waals surface area contributed by atoms with Gasteiger partial charge in [0.1, 0.15) is 0 Å². The Kier molecular flexibility index (Phi) is 6.27. The fourth-order valence-corrected chi connectivity index (χ4v) is 2.53. The average Bonchev–Trinajstić information content (AvgIpc) is 2.30. The van der Waals surface area contributed by atoms with E-state index in [9.17, 15) is 4.79 Å². The number of carboxylic acid groups (broad SMARTS) is 1. The second-order valence-corrected chi connectivity index (χ2v) is 5.11. The summed E-state index contributed by atoms with van der Waals surface area (Å²) in [6, 6.07) is 0. The van der Waals surface area contributed by atoms with Crippen LogP contribution in [0.5, 0.6) is 0 Å². The molecule has 0 heterocycles. The maximum Gasteiger partial charge on any atom is 0.331 e. The lowest BCUT2D eigenvalue weighted by Crippen LogP contribution is -2.27. The van der Waals surface area contributed by atoms with Crippen molar-refractivity contribution >= 4 is 5.97 Å². The van der Waals surface area contributed by atoms with Crippen LogP contribution in [-0.4, -0.2) is 36.1 Å². The molecule has 0 saturated heterocycles. The second kappa shape index (κ2) is 7.49. The highest BCUT2D eigenvalue weighted by Crippen LogP contribution is 2.24. The summed E-state index contributed by atoms with van der Waals surface area (Å²) in [6.45, 7) is 3.75. The number of aliphatic carboxylic acids is 1. The fraction of sp³-hybridized carbons (Fsp3) is 0.786. The Morgan fingerprint density at radius 3 is 2.53 bits per heavy atom. The Bertz CT molecular complexity index is 267. The van der Waals surface area contributed by atoms with Gasteiger partial charge in [-0.3, -0.25) is 0 Å². The minimum atomic E-state index is -0.779. The van der Waals surface area contributed by atoms with E-state index in [2.05, 4.69) is 11.9 Å². The van der Waals surface area contributed by atoms with E-state index < -0.39 is 5.97 Å². The molecule has 1 aliphatic rings. The van der Waals surface area contributed by atoms with Gasteiger partial charge in [-0.1, -0.05) is 32.3 Å². The topological polar surface area (TPSA) is 40.5 Å². The Morgan fingerprint density at radius 2 is 2.00 bits per heavy atom. The van der Waals surface area contributed by atoms with Gasteiger partial charge in [-0.15, -0.1) is 0 Å². The van der Waals surface area contributed by atoms with Crippen LogP contribution < -0.4 is 0 Å². The highest BCUT2D eigenvalue weighted by atomic mass is 16.4. The molecule has 0 spiro atoms. The van der Waals surface area contributed by atoms with Crippen LogP contribution in [0.2, 0.25) is 0 Å². The minimum absolute atomic E-state index is 0.528. The van der Waals surface area contributed by atoms with Gasteiger partial charge in [-0.25, -0.2) is 4.79 Å². The number of carboxylic acids is 1. The zero-order chi connectivity index (χ0) is 12.7. The quantitative estimate of drug-likeness (QED) is 0.724. The number of nitrogens with zero attached hydrogens (tertiary/aromatic N) is 1. The minimum Gasteiger partial charge on any atom is -0.478 e. The fourth-order valence-electron chi connectivity index (χ4n) is 2.53. The highest BCUT2D eigenvalue weighted by molar-refractivity contribution is 5.86. The summed E-state index contributed by atoms with van der Waals surface area (Å²) in [6.07, 6.45) is 9.26. The summed E-state index contributed by atoms with van der Waals surface area (Å²) >= 11 is 0. The van der Waals surface area contributed by atoms with Crippen LogP contribution in [0.15, 0.2) is 11.6 Å². The molecular weight excluding hydrogens is 214 g/mol.